The van der Waals surface area contributed by atoms with Crippen molar-refractivity contribution in [1.82, 2.24) is 9.88 Å². The van der Waals surface area contributed by atoms with Gasteiger partial charge in [-0.3, -0.25) is 15.0 Å². The summed E-state index contributed by atoms with van der Waals surface area (Å²) in [5, 5.41) is 11.9. The van der Waals surface area contributed by atoms with Gasteiger partial charge < -0.3 is 0 Å². The fourth-order valence-corrected chi connectivity index (χ4v) is 4.42. The summed E-state index contributed by atoms with van der Waals surface area (Å²) in [7, 11) is 0. The van der Waals surface area contributed by atoms with E-state index < -0.39 is 0 Å². The molecular formula is C18H17N3O2S. The number of nitro groups is 1. The van der Waals surface area contributed by atoms with Gasteiger partial charge in [0.25, 0.3) is 5.69 Å². The van der Waals surface area contributed by atoms with E-state index in [2.05, 4.69) is 17.0 Å². The van der Waals surface area contributed by atoms with Crippen LogP contribution in [0.25, 0.3) is 10.2 Å². The smallest absolute Gasteiger partial charge is 0.269 e. The second kappa shape index (κ2) is 6.30. The molecular weight excluding hydrogens is 322 g/mol. The first-order chi connectivity index (χ1) is 11.7. The van der Waals surface area contributed by atoms with Gasteiger partial charge in [-0.1, -0.05) is 24.3 Å². The third kappa shape index (κ3) is 2.90. The normalized spacial score (nSPS) is 18.2. The maximum Gasteiger partial charge on any atom is 0.269 e. The number of hydrogen-bond acceptors (Lipinski definition) is 5. The van der Waals surface area contributed by atoms with Crippen LogP contribution in [0, 0.1) is 10.1 Å². The number of nitro benzene ring substituents is 1. The lowest BCUT2D eigenvalue weighted by atomic mass is 10.1. The Balaban J connectivity index is 1.55. The molecule has 6 heteroatoms. The molecule has 5 nitrogen and oxygen atoms in total. The van der Waals surface area contributed by atoms with Crippen molar-refractivity contribution in [3.8, 4) is 0 Å². The topological polar surface area (TPSA) is 59.3 Å². The fraction of sp³-hybridized carbons (Fsp3) is 0.278. The van der Waals surface area contributed by atoms with E-state index >= 15 is 0 Å². The van der Waals surface area contributed by atoms with Gasteiger partial charge in [0.15, 0.2) is 0 Å². The number of para-hydroxylation sites is 1. The van der Waals surface area contributed by atoms with Crippen LogP contribution in [0.1, 0.15) is 29.5 Å². The van der Waals surface area contributed by atoms with Crippen molar-refractivity contribution in [2.75, 3.05) is 6.54 Å². The predicted molar refractivity (Wildman–Crippen MR) is 95.1 cm³/mol. The molecule has 0 N–H and O–H groups in total. The van der Waals surface area contributed by atoms with Crippen molar-refractivity contribution < 1.29 is 4.92 Å². The first-order valence-corrected chi connectivity index (χ1v) is 8.85. The highest BCUT2D eigenvalue weighted by molar-refractivity contribution is 7.18. The summed E-state index contributed by atoms with van der Waals surface area (Å²) in [6.07, 6.45) is 2.28. The third-order valence-corrected chi connectivity index (χ3v) is 5.63. The van der Waals surface area contributed by atoms with Crippen LogP contribution >= 0.6 is 11.3 Å². The number of benzene rings is 2. The van der Waals surface area contributed by atoms with Gasteiger partial charge in [-0.2, -0.15) is 0 Å². The summed E-state index contributed by atoms with van der Waals surface area (Å²) in [5.41, 5.74) is 2.32. The monoisotopic (exact) mass is 339 g/mol. The molecule has 24 heavy (non-hydrogen) atoms. The number of hydrogen-bond donors (Lipinski definition) is 0. The molecule has 2 heterocycles. The van der Waals surface area contributed by atoms with Crippen molar-refractivity contribution in [2.24, 2.45) is 0 Å². The molecule has 1 aromatic heterocycles. The van der Waals surface area contributed by atoms with E-state index in [4.69, 9.17) is 4.98 Å². The van der Waals surface area contributed by atoms with E-state index in [9.17, 15) is 10.1 Å². The van der Waals surface area contributed by atoms with Crippen molar-refractivity contribution in [3.63, 3.8) is 0 Å². The van der Waals surface area contributed by atoms with Gasteiger partial charge in [-0.25, -0.2) is 4.98 Å². The zero-order valence-electron chi connectivity index (χ0n) is 13.1. The van der Waals surface area contributed by atoms with Gasteiger partial charge >= 0.3 is 0 Å². The summed E-state index contributed by atoms with van der Waals surface area (Å²) in [5.74, 6) is 0. The van der Waals surface area contributed by atoms with Crippen molar-refractivity contribution in [3.05, 3.63) is 69.2 Å². The van der Waals surface area contributed by atoms with Crippen LogP contribution in [0.5, 0.6) is 0 Å². The van der Waals surface area contributed by atoms with Gasteiger partial charge in [0, 0.05) is 18.7 Å². The summed E-state index contributed by atoms with van der Waals surface area (Å²) in [6.45, 7) is 1.84. The summed E-state index contributed by atoms with van der Waals surface area (Å²) in [6, 6.07) is 15.5. The minimum atomic E-state index is -0.358. The van der Waals surface area contributed by atoms with E-state index in [0.29, 0.717) is 6.04 Å². The molecule has 122 valence electrons. The Kier molecular flexibility index (Phi) is 4.00. The maximum absolute atomic E-state index is 10.8. The fourth-order valence-electron chi connectivity index (χ4n) is 3.29. The van der Waals surface area contributed by atoms with Crippen molar-refractivity contribution in [2.45, 2.75) is 25.4 Å². The van der Waals surface area contributed by atoms with Crippen LogP contribution in [0.2, 0.25) is 0 Å². The highest BCUT2D eigenvalue weighted by Crippen LogP contribution is 2.37. The number of fused-ring (bicyclic) bond motifs is 1. The molecule has 1 unspecified atom stereocenters. The molecule has 3 aromatic rings. The quantitative estimate of drug-likeness (QED) is 0.517. The highest BCUT2D eigenvalue weighted by atomic mass is 32.1. The standard InChI is InChI=1S/C18H17N3O2S/c22-21(23)14-9-7-13(8-10-14)12-20-11-3-5-16(20)18-19-15-4-1-2-6-17(15)24-18/h1-2,4,6-10,16H,3,5,11-12H2. The molecule has 1 aliphatic heterocycles. The Labute approximate surface area is 143 Å². The zero-order valence-corrected chi connectivity index (χ0v) is 13.9. The summed E-state index contributed by atoms with van der Waals surface area (Å²) >= 11 is 1.77. The Morgan fingerprint density at radius 1 is 1.21 bits per heavy atom. The molecule has 0 bridgehead atoms. The average Bonchev–Trinajstić information content (AvgIpc) is 3.21. The molecule has 0 saturated carbocycles. The van der Waals surface area contributed by atoms with Gasteiger partial charge in [0.2, 0.25) is 0 Å². The largest absolute Gasteiger partial charge is 0.290 e. The lowest BCUT2D eigenvalue weighted by Crippen LogP contribution is -2.22. The number of aromatic nitrogens is 1. The van der Waals surface area contributed by atoms with Gasteiger partial charge in [0.05, 0.1) is 21.2 Å². The van der Waals surface area contributed by atoms with E-state index in [1.165, 1.54) is 9.71 Å². The molecule has 1 fully saturated rings. The molecule has 1 aliphatic rings. The lowest BCUT2D eigenvalue weighted by Gasteiger charge is -2.22. The highest BCUT2D eigenvalue weighted by Gasteiger charge is 2.28. The third-order valence-electron chi connectivity index (χ3n) is 4.49. The van der Waals surface area contributed by atoms with E-state index in [1.807, 2.05) is 24.3 Å². The summed E-state index contributed by atoms with van der Waals surface area (Å²) < 4.78 is 1.23. The van der Waals surface area contributed by atoms with Crippen molar-refractivity contribution in [1.29, 1.82) is 0 Å². The number of nitrogens with zero attached hydrogens (tertiary/aromatic N) is 3. The maximum atomic E-state index is 10.8. The molecule has 0 aliphatic carbocycles. The van der Waals surface area contributed by atoms with Crippen LogP contribution < -0.4 is 0 Å². The van der Waals surface area contributed by atoms with Crippen LogP contribution in [0.3, 0.4) is 0 Å². The number of likely N-dealkylation sites (tertiary alicyclic amines) is 1. The molecule has 1 atom stereocenters. The van der Waals surface area contributed by atoms with Crippen molar-refractivity contribution >= 4 is 27.2 Å². The Bertz CT molecular complexity index is 842. The van der Waals surface area contributed by atoms with Crippen LogP contribution in [0.4, 0.5) is 5.69 Å². The van der Waals surface area contributed by atoms with E-state index in [0.717, 1.165) is 37.0 Å². The van der Waals surface area contributed by atoms with Crippen LogP contribution in [-0.2, 0) is 6.54 Å². The second-order valence-electron chi connectivity index (χ2n) is 6.07. The van der Waals surface area contributed by atoms with E-state index in [-0.39, 0.29) is 10.6 Å². The average molecular weight is 339 g/mol. The number of thiazole rings is 1. The number of rotatable bonds is 4. The second-order valence-corrected chi connectivity index (χ2v) is 7.13. The van der Waals surface area contributed by atoms with Gasteiger partial charge in [0.1, 0.15) is 5.01 Å². The molecule has 4 rings (SSSR count). The molecule has 0 radical (unpaired) electrons. The van der Waals surface area contributed by atoms with Crippen LogP contribution in [-0.4, -0.2) is 21.4 Å². The molecule has 2 aromatic carbocycles. The molecule has 1 saturated heterocycles. The van der Waals surface area contributed by atoms with Gasteiger partial charge in [-0.05, 0) is 37.1 Å². The first kappa shape index (κ1) is 15.2. The molecule has 0 amide bonds. The minimum absolute atomic E-state index is 0.142. The zero-order chi connectivity index (χ0) is 16.5. The number of non-ortho nitro benzene ring substituents is 1. The lowest BCUT2D eigenvalue weighted by molar-refractivity contribution is -0.384. The first-order valence-electron chi connectivity index (χ1n) is 8.03. The predicted octanol–water partition coefficient (Wildman–Crippen LogP) is 4.54. The van der Waals surface area contributed by atoms with Gasteiger partial charge in [-0.15, -0.1) is 11.3 Å². The minimum Gasteiger partial charge on any atom is -0.290 e. The Hall–Kier alpha value is -2.31. The summed E-state index contributed by atoms with van der Waals surface area (Å²) in [4.78, 5) is 17.7. The van der Waals surface area contributed by atoms with Crippen LogP contribution in [0.15, 0.2) is 48.5 Å². The van der Waals surface area contributed by atoms with E-state index in [1.54, 1.807) is 23.5 Å². The molecule has 0 spiro atoms. The Morgan fingerprint density at radius 2 is 2.00 bits per heavy atom. The Morgan fingerprint density at radius 3 is 2.75 bits per heavy atom. The SMILES string of the molecule is O=[N+]([O-])c1ccc(CN2CCCC2c2nc3ccccc3s2)cc1.